The molecule has 0 radical (unpaired) electrons. The number of carbonyl (C=O) groups is 3. The first kappa shape index (κ1) is 18.5. The number of hydrogen-bond donors (Lipinski definition) is 1. The second kappa shape index (κ2) is 7.95. The van der Waals surface area contributed by atoms with E-state index in [1.165, 1.54) is 7.11 Å². The van der Waals surface area contributed by atoms with Crippen LogP contribution in [0.1, 0.15) is 19.3 Å². The Hall–Kier alpha value is -2.28. The average molecular weight is 380 g/mol. The van der Waals surface area contributed by atoms with E-state index in [1.54, 1.807) is 34.1 Å². The number of hydrogen-bond acceptors (Lipinski definition) is 4. The molecule has 8 heteroatoms. The number of halogens is 1. The van der Waals surface area contributed by atoms with Crippen molar-refractivity contribution < 1.29 is 19.1 Å². The highest BCUT2D eigenvalue weighted by molar-refractivity contribution is 6.30. The number of carbonyl (C=O) groups excluding carboxylic acids is 3. The molecule has 3 rings (SSSR count). The first-order chi connectivity index (χ1) is 12.5. The summed E-state index contributed by atoms with van der Waals surface area (Å²) >= 11 is 5.88. The molecule has 0 bridgehead atoms. The van der Waals surface area contributed by atoms with Crippen LogP contribution < -0.4 is 10.2 Å². The van der Waals surface area contributed by atoms with Crippen molar-refractivity contribution in [2.24, 2.45) is 5.92 Å². The van der Waals surface area contributed by atoms with E-state index in [0.717, 1.165) is 5.69 Å². The Morgan fingerprint density at radius 1 is 1.19 bits per heavy atom. The van der Waals surface area contributed by atoms with Gasteiger partial charge < -0.3 is 19.9 Å². The second-order valence-corrected chi connectivity index (χ2v) is 7.05. The van der Waals surface area contributed by atoms with Gasteiger partial charge in [-0.25, -0.2) is 4.79 Å². The molecule has 0 spiro atoms. The monoisotopic (exact) mass is 379 g/mol. The molecule has 2 fully saturated rings. The van der Waals surface area contributed by atoms with Crippen LogP contribution in [0.4, 0.5) is 10.5 Å². The fourth-order valence-corrected chi connectivity index (χ4v) is 3.55. The van der Waals surface area contributed by atoms with Crippen LogP contribution in [-0.2, 0) is 14.3 Å². The summed E-state index contributed by atoms with van der Waals surface area (Å²) in [7, 11) is 1.38. The topological polar surface area (TPSA) is 79.0 Å². The minimum Gasteiger partial charge on any atom is -0.469 e. The second-order valence-electron chi connectivity index (χ2n) is 6.62. The van der Waals surface area contributed by atoms with Crippen LogP contribution in [0.25, 0.3) is 0 Å². The molecule has 2 aliphatic rings. The van der Waals surface area contributed by atoms with Crippen molar-refractivity contribution in [2.75, 3.05) is 31.6 Å². The zero-order valence-electron chi connectivity index (χ0n) is 14.6. The predicted octanol–water partition coefficient (Wildman–Crippen LogP) is 2.04. The Morgan fingerprint density at radius 2 is 1.85 bits per heavy atom. The maximum Gasteiger partial charge on any atom is 0.317 e. The molecule has 3 amide bonds. The molecule has 1 atom stereocenters. The minimum absolute atomic E-state index is 0.0259. The summed E-state index contributed by atoms with van der Waals surface area (Å²) in [5.74, 6) is -0.385. The Kier molecular flexibility index (Phi) is 5.66. The molecule has 0 saturated carbocycles. The van der Waals surface area contributed by atoms with E-state index in [4.69, 9.17) is 16.3 Å². The number of nitrogens with one attached hydrogen (secondary N) is 1. The Labute approximate surface area is 157 Å². The number of rotatable bonds is 3. The lowest BCUT2D eigenvalue weighted by atomic mass is 9.97. The van der Waals surface area contributed by atoms with Crippen molar-refractivity contribution in [3.63, 3.8) is 0 Å². The van der Waals surface area contributed by atoms with E-state index in [9.17, 15) is 14.4 Å². The fraction of sp³-hybridized carbons (Fsp3) is 0.500. The average Bonchev–Trinajstić information content (AvgIpc) is 3.02. The number of benzene rings is 1. The van der Waals surface area contributed by atoms with Crippen molar-refractivity contribution in [1.29, 1.82) is 0 Å². The van der Waals surface area contributed by atoms with Crippen LogP contribution in [0.3, 0.4) is 0 Å². The van der Waals surface area contributed by atoms with Gasteiger partial charge in [0, 0.05) is 36.8 Å². The van der Waals surface area contributed by atoms with Crippen molar-refractivity contribution in [2.45, 2.75) is 25.3 Å². The molecule has 1 aromatic carbocycles. The third-order valence-electron chi connectivity index (χ3n) is 4.91. The summed E-state index contributed by atoms with van der Waals surface area (Å²) < 4.78 is 4.76. The molecule has 140 valence electrons. The molecule has 0 aliphatic carbocycles. The van der Waals surface area contributed by atoms with Crippen LogP contribution in [0.15, 0.2) is 24.3 Å². The highest BCUT2D eigenvalue weighted by Crippen LogP contribution is 2.24. The lowest BCUT2D eigenvalue weighted by Gasteiger charge is -2.31. The maximum absolute atomic E-state index is 12.4. The zero-order valence-corrected chi connectivity index (χ0v) is 15.4. The molecule has 1 N–H and O–H groups in total. The van der Waals surface area contributed by atoms with Gasteiger partial charge in [0.15, 0.2) is 0 Å². The van der Waals surface area contributed by atoms with Crippen LogP contribution in [0.2, 0.25) is 5.02 Å². The quantitative estimate of drug-likeness (QED) is 0.815. The van der Waals surface area contributed by atoms with Gasteiger partial charge in [-0.15, -0.1) is 0 Å². The van der Waals surface area contributed by atoms with Gasteiger partial charge in [0.25, 0.3) is 0 Å². The van der Waals surface area contributed by atoms with E-state index in [0.29, 0.717) is 37.5 Å². The summed E-state index contributed by atoms with van der Waals surface area (Å²) in [5.41, 5.74) is 0.773. The van der Waals surface area contributed by atoms with Gasteiger partial charge in [-0.1, -0.05) is 11.6 Å². The lowest BCUT2D eigenvalue weighted by molar-refractivity contribution is -0.146. The molecule has 26 heavy (non-hydrogen) atoms. The molecule has 2 heterocycles. The van der Waals surface area contributed by atoms with E-state index in [2.05, 4.69) is 5.32 Å². The molecular weight excluding hydrogens is 358 g/mol. The van der Waals surface area contributed by atoms with Gasteiger partial charge in [0.2, 0.25) is 5.91 Å². The number of amides is 3. The molecule has 1 aromatic rings. The molecular formula is C18H22ClN3O4. The van der Waals surface area contributed by atoms with Gasteiger partial charge in [-0.2, -0.15) is 0 Å². The van der Waals surface area contributed by atoms with Gasteiger partial charge in [0.05, 0.1) is 19.1 Å². The molecule has 2 aliphatic heterocycles. The summed E-state index contributed by atoms with van der Waals surface area (Å²) in [6.45, 7) is 1.45. The highest BCUT2D eigenvalue weighted by Gasteiger charge is 2.34. The minimum atomic E-state index is -0.232. The Bertz CT molecular complexity index is 686. The van der Waals surface area contributed by atoms with Gasteiger partial charge in [0.1, 0.15) is 0 Å². The van der Waals surface area contributed by atoms with E-state index < -0.39 is 0 Å². The first-order valence-electron chi connectivity index (χ1n) is 8.67. The smallest absolute Gasteiger partial charge is 0.317 e. The lowest BCUT2D eigenvalue weighted by Crippen LogP contribution is -2.49. The third-order valence-corrected chi connectivity index (χ3v) is 5.16. The van der Waals surface area contributed by atoms with Crippen LogP contribution >= 0.6 is 11.6 Å². The standard InChI is InChI=1S/C18H22ClN3O4/c1-26-17(24)12-6-8-21(9-7-12)18(25)20-14-10-16(23)22(11-14)15-4-2-13(19)3-5-15/h2-5,12,14H,6-11H2,1H3,(H,20,25). The van der Waals surface area contributed by atoms with E-state index >= 15 is 0 Å². The number of methoxy groups -OCH3 is 1. The Balaban J connectivity index is 1.52. The summed E-state index contributed by atoms with van der Waals surface area (Å²) in [5, 5.41) is 3.54. The predicted molar refractivity (Wildman–Crippen MR) is 97.1 cm³/mol. The molecule has 7 nitrogen and oxygen atoms in total. The molecule has 0 aromatic heterocycles. The van der Waals surface area contributed by atoms with Gasteiger partial charge >= 0.3 is 12.0 Å². The largest absolute Gasteiger partial charge is 0.469 e. The molecule has 2 saturated heterocycles. The summed E-state index contributed by atoms with van der Waals surface area (Å²) in [6.07, 6.45) is 1.47. The number of anilines is 1. The highest BCUT2D eigenvalue weighted by atomic mass is 35.5. The summed E-state index contributed by atoms with van der Waals surface area (Å²) in [4.78, 5) is 39.6. The number of likely N-dealkylation sites (tertiary alicyclic amines) is 1. The number of ether oxygens (including phenoxy) is 1. The normalized spacial score (nSPS) is 21.0. The fourth-order valence-electron chi connectivity index (χ4n) is 3.43. The number of piperidine rings is 1. The number of urea groups is 1. The van der Waals surface area contributed by atoms with Crippen LogP contribution in [0, 0.1) is 5.92 Å². The third kappa shape index (κ3) is 4.09. The van der Waals surface area contributed by atoms with Crippen LogP contribution in [-0.4, -0.2) is 55.6 Å². The number of esters is 1. The Morgan fingerprint density at radius 3 is 2.46 bits per heavy atom. The van der Waals surface area contributed by atoms with Crippen molar-refractivity contribution in [1.82, 2.24) is 10.2 Å². The van der Waals surface area contributed by atoms with E-state index in [-0.39, 0.29) is 36.3 Å². The van der Waals surface area contributed by atoms with Crippen molar-refractivity contribution >= 4 is 35.2 Å². The first-order valence-corrected chi connectivity index (χ1v) is 9.05. The SMILES string of the molecule is COC(=O)C1CCN(C(=O)NC2CC(=O)N(c3ccc(Cl)cc3)C2)CC1. The van der Waals surface area contributed by atoms with E-state index in [1.807, 2.05) is 0 Å². The van der Waals surface area contributed by atoms with Gasteiger partial charge in [-0.05, 0) is 37.1 Å². The molecule has 1 unspecified atom stereocenters. The van der Waals surface area contributed by atoms with Gasteiger partial charge in [-0.3, -0.25) is 9.59 Å². The van der Waals surface area contributed by atoms with Crippen LogP contribution in [0.5, 0.6) is 0 Å². The summed E-state index contributed by atoms with van der Waals surface area (Å²) in [6, 6.07) is 6.64. The van der Waals surface area contributed by atoms with Crippen molar-refractivity contribution in [3.05, 3.63) is 29.3 Å². The maximum atomic E-state index is 12.4. The van der Waals surface area contributed by atoms with Crippen molar-refractivity contribution in [3.8, 4) is 0 Å². The number of nitrogens with zero attached hydrogens (tertiary/aromatic N) is 2. The zero-order chi connectivity index (χ0) is 18.7.